The molecule has 7 nitrogen and oxygen atoms in total. The van der Waals surface area contributed by atoms with E-state index in [9.17, 15) is 5.11 Å². The molecule has 2 aliphatic rings. The molecule has 0 aliphatic carbocycles. The van der Waals surface area contributed by atoms with Gasteiger partial charge in [-0.15, -0.1) is 0 Å². The average molecular weight is 412 g/mol. The highest BCUT2D eigenvalue weighted by Crippen LogP contribution is 2.24. The van der Waals surface area contributed by atoms with Crippen molar-refractivity contribution in [3.63, 3.8) is 0 Å². The molecule has 1 atom stereocenters. The molecule has 0 saturated carbocycles. The van der Waals surface area contributed by atoms with Gasteiger partial charge in [-0.1, -0.05) is 6.42 Å². The van der Waals surface area contributed by atoms with Crippen molar-refractivity contribution in [3.05, 3.63) is 47.5 Å². The highest BCUT2D eigenvalue weighted by atomic mass is 16.5. The predicted molar refractivity (Wildman–Crippen MR) is 119 cm³/mol. The van der Waals surface area contributed by atoms with E-state index in [0.717, 1.165) is 62.9 Å². The molecule has 1 unspecified atom stereocenters. The topological polar surface area (TPSA) is 73.8 Å². The van der Waals surface area contributed by atoms with Crippen LogP contribution in [0.2, 0.25) is 0 Å². The van der Waals surface area contributed by atoms with Crippen LogP contribution in [0, 0.1) is 6.92 Å². The van der Waals surface area contributed by atoms with Crippen molar-refractivity contribution >= 4 is 11.4 Å². The minimum atomic E-state index is 0.221. The van der Waals surface area contributed by atoms with Gasteiger partial charge in [0.05, 0.1) is 50.1 Å². The molecular weight excluding hydrogens is 378 g/mol. The fraction of sp³-hybridized carbons (Fsp3) is 0.565. The van der Waals surface area contributed by atoms with Crippen molar-refractivity contribution < 1.29 is 9.84 Å². The van der Waals surface area contributed by atoms with Gasteiger partial charge in [-0.25, -0.2) is 0 Å². The van der Waals surface area contributed by atoms with E-state index in [0.29, 0.717) is 6.54 Å². The maximum Gasteiger partial charge on any atom is 0.0777 e. The van der Waals surface area contributed by atoms with Gasteiger partial charge in [-0.05, 0) is 50.1 Å². The molecule has 1 aromatic heterocycles. The number of anilines is 2. The van der Waals surface area contributed by atoms with Crippen LogP contribution in [0.1, 0.15) is 36.2 Å². The summed E-state index contributed by atoms with van der Waals surface area (Å²) in [6.07, 6.45) is 7.18. The first-order chi connectivity index (χ1) is 14.7. The van der Waals surface area contributed by atoms with Crippen LogP contribution in [0.5, 0.6) is 0 Å². The van der Waals surface area contributed by atoms with Crippen molar-refractivity contribution in [2.75, 3.05) is 49.7 Å². The van der Waals surface area contributed by atoms with Gasteiger partial charge in [-0.2, -0.15) is 0 Å². The van der Waals surface area contributed by atoms with Crippen LogP contribution in [-0.2, 0) is 17.8 Å². The smallest absolute Gasteiger partial charge is 0.0777 e. The van der Waals surface area contributed by atoms with Crippen LogP contribution in [0.3, 0.4) is 0 Å². The number of rotatable bonds is 7. The second kappa shape index (κ2) is 10.2. The quantitative estimate of drug-likeness (QED) is 0.725. The number of aromatic nitrogens is 2. The molecule has 30 heavy (non-hydrogen) atoms. The van der Waals surface area contributed by atoms with Crippen molar-refractivity contribution in [2.24, 2.45) is 0 Å². The Bertz CT molecular complexity index is 808. The molecular formula is C23H33N5O2. The van der Waals surface area contributed by atoms with Crippen LogP contribution in [0.15, 0.2) is 30.6 Å². The molecule has 0 amide bonds. The van der Waals surface area contributed by atoms with Crippen LogP contribution in [0.25, 0.3) is 0 Å². The van der Waals surface area contributed by atoms with Gasteiger partial charge in [0.15, 0.2) is 0 Å². The Morgan fingerprint density at radius 2 is 1.87 bits per heavy atom. The Kier molecular flexibility index (Phi) is 7.15. The van der Waals surface area contributed by atoms with Crippen molar-refractivity contribution in [3.8, 4) is 0 Å². The molecule has 1 aromatic carbocycles. The van der Waals surface area contributed by atoms with Gasteiger partial charge in [0.2, 0.25) is 0 Å². The molecule has 2 aromatic rings. The molecule has 0 radical (unpaired) electrons. The number of hydrogen-bond donors (Lipinski definition) is 2. The van der Waals surface area contributed by atoms with Crippen molar-refractivity contribution in [2.45, 2.75) is 45.3 Å². The van der Waals surface area contributed by atoms with Crippen LogP contribution in [-0.4, -0.2) is 65.5 Å². The lowest BCUT2D eigenvalue weighted by molar-refractivity contribution is 0.0830. The van der Waals surface area contributed by atoms with E-state index < -0.39 is 0 Å². The summed E-state index contributed by atoms with van der Waals surface area (Å²) < 4.78 is 5.47. The number of nitrogens with zero attached hydrogens (tertiary/aromatic N) is 4. The average Bonchev–Trinajstić information content (AvgIpc) is 2.79. The maximum atomic E-state index is 9.59. The molecule has 2 N–H and O–H groups in total. The lowest BCUT2D eigenvalue weighted by atomic mass is 10.0. The second-order valence-electron chi connectivity index (χ2n) is 8.31. The summed E-state index contributed by atoms with van der Waals surface area (Å²) in [6, 6.07) is 6.84. The predicted octanol–water partition coefficient (Wildman–Crippen LogP) is 2.58. The lowest BCUT2D eigenvalue weighted by Crippen LogP contribution is -2.41. The third-order valence-electron chi connectivity index (χ3n) is 6.00. The normalized spacial score (nSPS) is 20.3. The Labute approximate surface area is 179 Å². The summed E-state index contributed by atoms with van der Waals surface area (Å²) in [5.74, 6) is 0. The van der Waals surface area contributed by atoms with E-state index >= 15 is 0 Å². The van der Waals surface area contributed by atoms with Crippen LogP contribution >= 0.6 is 0 Å². The molecule has 4 rings (SSSR count). The minimum Gasteiger partial charge on any atom is -0.395 e. The minimum absolute atomic E-state index is 0.221. The van der Waals surface area contributed by atoms with Gasteiger partial charge in [-0.3, -0.25) is 14.9 Å². The third-order valence-corrected chi connectivity index (χ3v) is 6.00. The first-order valence-electron chi connectivity index (χ1n) is 11.0. The number of aliphatic hydroxyl groups is 1. The molecule has 7 heteroatoms. The number of aliphatic hydroxyl groups excluding tert-OH is 1. The first-order valence-corrected chi connectivity index (χ1v) is 11.0. The molecule has 0 bridgehead atoms. The highest BCUT2D eigenvalue weighted by molar-refractivity contribution is 5.60. The van der Waals surface area contributed by atoms with Crippen molar-refractivity contribution in [1.29, 1.82) is 0 Å². The second-order valence-corrected chi connectivity index (χ2v) is 8.31. The van der Waals surface area contributed by atoms with E-state index in [4.69, 9.17) is 4.74 Å². The zero-order chi connectivity index (χ0) is 20.8. The summed E-state index contributed by atoms with van der Waals surface area (Å²) in [6.45, 7) is 8.21. The van der Waals surface area contributed by atoms with Gasteiger partial charge in [0.25, 0.3) is 0 Å². The summed E-state index contributed by atoms with van der Waals surface area (Å²) in [5.41, 5.74) is 5.46. The van der Waals surface area contributed by atoms with E-state index in [2.05, 4.69) is 50.2 Å². The summed E-state index contributed by atoms with van der Waals surface area (Å²) in [5, 5.41) is 13.1. The number of aryl methyl sites for hydroxylation is 1. The Hall–Kier alpha value is -2.22. The largest absolute Gasteiger partial charge is 0.395 e. The number of morpholine rings is 1. The zero-order valence-electron chi connectivity index (χ0n) is 17.9. The number of hydrogen-bond acceptors (Lipinski definition) is 7. The fourth-order valence-electron chi connectivity index (χ4n) is 4.30. The fourth-order valence-corrected chi connectivity index (χ4v) is 4.30. The molecule has 3 heterocycles. The summed E-state index contributed by atoms with van der Waals surface area (Å²) in [4.78, 5) is 13.9. The van der Waals surface area contributed by atoms with Gasteiger partial charge < -0.3 is 20.1 Å². The number of nitrogens with one attached hydrogen (secondary N) is 1. The number of ether oxygens (including phenoxy) is 1. The number of piperidine rings is 1. The molecule has 162 valence electrons. The molecule has 2 aliphatic heterocycles. The SMILES string of the molecule is Cc1cc(NCc2cnc(CN3CCCCC3CO)cn2)cc(N2CCOCC2)c1. The Morgan fingerprint density at radius 1 is 1.07 bits per heavy atom. The monoisotopic (exact) mass is 411 g/mol. The lowest BCUT2D eigenvalue weighted by Gasteiger charge is -2.34. The van der Waals surface area contributed by atoms with Gasteiger partial charge in [0, 0.05) is 37.1 Å². The highest BCUT2D eigenvalue weighted by Gasteiger charge is 2.22. The van der Waals surface area contributed by atoms with E-state index in [-0.39, 0.29) is 12.6 Å². The van der Waals surface area contributed by atoms with Crippen molar-refractivity contribution in [1.82, 2.24) is 14.9 Å². The van der Waals surface area contributed by atoms with Crippen LogP contribution in [0.4, 0.5) is 11.4 Å². The zero-order valence-corrected chi connectivity index (χ0v) is 17.9. The molecule has 2 fully saturated rings. The summed E-state index contributed by atoms with van der Waals surface area (Å²) >= 11 is 0. The van der Waals surface area contributed by atoms with Gasteiger partial charge in [0.1, 0.15) is 0 Å². The summed E-state index contributed by atoms with van der Waals surface area (Å²) in [7, 11) is 0. The van der Waals surface area contributed by atoms with E-state index in [1.807, 2.05) is 12.4 Å². The number of benzene rings is 1. The van der Waals surface area contributed by atoms with Crippen LogP contribution < -0.4 is 10.2 Å². The van der Waals surface area contributed by atoms with Gasteiger partial charge >= 0.3 is 0 Å². The third kappa shape index (κ3) is 5.47. The van der Waals surface area contributed by atoms with E-state index in [1.54, 1.807) is 0 Å². The van der Waals surface area contributed by atoms with E-state index in [1.165, 1.54) is 24.1 Å². The number of likely N-dealkylation sites (tertiary alicyclic amines) is 1. The Morgan fingerprint density at radius 3 is 2.63 bits per heavy atom. The Balaban J connectivity index is 1.34. The maximum absolute atomic E-state index is 9.59. The first kappa shape index (κ1) is 21.0. The molecule has 0 spiro atoms. The molecule has 2 saturated heterocycles. The standard InChI is InChI=1S/C23H33N5O2/c1-18-10-19(12-23(11-18)27-6-8-30-9-7-27)24-13-20-14-26-21(15-25-20)16-28-5-3-2-4-22(28)17-29/h10-12,14-15,22,24,29H,2-9,13,16-17H2,1H3.